The van der Waals surface area contributed by atoms with Gasteiger partial charge in [0.2, 0.25) is 0 Å². The maximum absolute atomic E-state index is 12.7. The average Bonchev–Trinajstić information content (AvgIpc) is 2.51. The van der Waals surface area contributed by atoms with E-state index in [-0.39, 0.29) is 36.5 Å². The molecule has 1 aromatic rings. The van der Waals surface area contributed by atoms with Crippen molar-refractivity contribution in [3.05, 3.63) is 35.4 Å². The molecule has 8 heteroatoms. The van der Waals surface area contributed by atoms with E-state index in [1.165, 1.54) is 12.1 Å². The van der Waals surface area contributed by atoms with Gasteiger partial charge in [-0.3, -0.25) is 4.99 Å². The molecule has 0 spiro atoms. The normalized spacial score (nSPS) is 13.2. The molecule has 0 saturated carbocycles. The molecule has 0 aliphatic carbocycles. The molecule has 0 saturated heterocycles. The SMILES string of the molecule is CCNC(=NCCC(C)c1cccc(C(F)(F)F)c1)NCCO.I. The first-order valence-corrected chi connectivity index (χ1v) is 7.68. The number of guanidine groups is 1. The highest BCUT2D eigenvalue weighted by atomic mass is 127. The van der Waals surface area contributed by atoms with E-state index in [0.717, 1.165) is 6.07 Å². The summed E-state index contributed by atoms with van der Waals surface area (Å²) >= 11 is 0. The van der Waals surface area contributed by atoms with Crippen LogP contribution < -0.4 is 10.6 Å². The fourth-order valence-electron chi connectivity index (χ4n) is 2.07. The largest absolute Gasteiger partial charge is 0.416 e. The van der Waals surface area contributed by atoms with E-state index in [1.807, 2.05) is 13.8 Å². The number of aliphatic hydroxyl groups is 1. The van der Waals surface area contributed by atoms with Gasteiger partial charge in [-0.2, -0.15) is 13.2 Å². The molecular weight excluding hydrogens is 434 g/mol. The van der Waals surface area contributed by atoms with E-state index in [2.05, 4.69) is 15.6 Å². The van der Waals surface area contributed by atoms with Crippen molar-refractivity contribution in [2.45, 2.75) is 32.4 Å². The molecule has 0 bridgehead atoms. The van der Waals surface area contributed by atoms with Crippen LogP contribution >= 0.6 is 24.0 Å². The van der Waals surface area contributed by atoms with E-state index >= 15 is 0 Å². The van der Waals surface area contributed by atoms with Crippen molar-refractivity contribution in [3.63, 3.8) is 0 Å². The first-order chi connectivity index (χ1) is 10.9. The average molecular weight is 459 g/mol. The Morgan fingerprint density at radius 3 is 2.58 bits per heavy atom. The maximum atomic E-state index is 12.7. The third kappa shape index (κ3) is 8.18. The third-order valence-electron chi connectivity index (χ3n) is 3.36. The standard InChI is InChI=1S/C16H24F3N3O.HI/c1-3-20-15(22-9-10-23)21-8-7-12(2)13-5-4-6-14(11-13)16(17,18)19;/h4-6,11-12,23H,3,7-10H2,1-2H3,(H2,20,21,22);1H. The quantitative estimate of drug-likeness (QED) is 0.333. The van der Waals surface area contributed by atoms with Crippen LogP contribution in [0.1, 0.15) is 37.3 Å². The van der Waals surface area contributed by atoms with Crippen LogP contribution in [0.2, 0.25) is 0 Å². The molecule has 138 valence electrons. The molecule has 1 unspecified atom stereocenters. The number of halogens is 4. The number of rotatable bonds is 7. The summed E-state index contributed by atoms with van der Waals surface area (Å²) in [6.45, 7) is 5.40. The highest BCUT2D eigenvalue weighted by Crippen LogP contribution is 2.31. The number of benzene rings is 1. The van der Waals surface area contributed by atoms with Gasteiger partial charge in [0.25, 0.3) is 0 Å². The fourth-order valence-corrected chi connectivity index (χ4v) is 2.07. The van der Waals surface area contributed by atoms with E-state index in [1.54, 1.807) is 6.07 Å². The minimum Gasteiger partial charge on any atom is -0.395 e. The van der Waals surface area contributed by atoms with Crippen molar-refractivity contribution in [2.75, 3.05) is 26.2 Å². The van der Waals surface area contributed by atoms with Crippen LogP contribution in [0, 0.1) is 0 Å². The van der Waals surface area contributed by atoms with Gasteiger partial charge in [-0.15, -0.1) is 24.0 Å². The Hall–Kier alpha value is -1.03. The van der Waals surface area contributed by atoms with Gasteiger partial charge in [0, 0.05) is 19.6 Å². The summed E-state index contributed by atoms with van der Waals surface area (Å²) in [5.74, 6) is 0.569. The van der Waals surface area contributed by atoms with Crippen LogP contribution in [0.15, 0.2) is 29.3 Å². The Balaban J connectivity index is 0.00000529. The molecule has 0 fully saturated rings. The minimum absolute atomic E-state index is 0. The molecule has 0 aliphatic rings. The van der Waals surface area contributed by atoms with Crippen molar-refractivity contribution in [1.29, 1.82) is 0 Å². The van der Waals surface area contributed by atoms with Gasteiger partial charge in [-0.1, -0.05) is 25.1 Å². The van der Waals surface area contributed by atoms with Crippen LogP contribution in [-0.4, -0.2) is 37.3 Å². The molecule has 0 heterocycles. The van der Waals surface area contributed by atoms with Gasteiger partial charge in [-0.05, 0) is 30.9 Å². The van der Waals surface area contributed by atoms with Crippen molar-refractivity contribution in [1.82, 2.24) is 10.6 Å². The van der Waals surface area contributed by atoms with Gasteiger partial charge >= 0.3 is 6.18 Å². The molecule has 24 heavy (non-hydrogen) atoms. The fraction of sp³-hybridized carbons (Fsp3) is 0.562. The molecule has 0 aliphatic heterocycles. The Bertz CT molecular complexity index is 510. The lowest BCUT2D eigenvalue weighted by molar-refractivity contribution is -0.137. The first-order valence-electron chi connectivity index (χ1n) is 7.68. The molecule has 1 aromatic carbocycles. The van der Waals surface area contributed by atoms with Crippen molar-refractivity contribution < 1.29 is 18.3 Å². The monoisotopic (exact) mass is 459 g/mol. The Labute approximate surface area is 158 Å². The van der Waals surface area contributed by atoms with E-state index in [0.29, 0.717) is 37.6 Å². The summed E-state index contributed by atoms with van der Waals surface area (Å²) in [6.07, 6.45) is -3.68. The van der Waals surface area contributed by atoms with Crippen LogP contribution in [0.4, 0.5) is 13.2 Å². The van der Waals surface area contributed by atoms with Gasteiger partial charge < -0.3 is 15.7 Å². The zero-order valence-corrected chi connectivity index (χ0v) is 16.2. The number of alkyl halides is 3. The number of aliphatic imine (C=N–C) groups is 1. The summed E-state index contributed by atoms with van der Waals surface area (Å²) in [4.78, 5) is 4.35. The highest BCUT2D eigenvalue weighted by Gasteiger charge is 2.30. The first kappa shape index (κ1) is 23.0. The summed E-state index contributed by atoms with van der Waals surface area (Å²) in [5, 5.41) is 14.8. The van der Waals surface area contributed by atoms with Crippen LogP contribution in [0.25, 0.3) is 0 Å². The number of aliphatic hydroxyl groups excluding tert-OH is 1. The van der Waals surface area contributed by atoms with Crippen LogP contribution in [0.3, 0.4) is 0 Å². The van der Waals surface area contributed by atoms with Gasteiger partial charge in [0.05, 0.1) is 12.2 Å². The molecule has 1 rings (SSSR count). The van der Waals surface area contributed by atoms with Gasteiger partial charge in [0.1, 0.15) is 0 Å². The predicted molar refractivity (Wildman–Crippen MR) is 101 cm³/mol. The zero-order valence-electron chi connectivity index (χ0n) is 13.9. The summed E-state index contributed by atoms with van der Waals surface area (Å²) < 4.78 is 38.2. The lowest BCUT2D eigenvalue weighted by Gasteiger charge is -2.14. The lowest BCUT2D eigenvalue weighted by Crippen LogP contribution is -2.38. The number of hydrogen-bond acceptors (Lipinski definition) is 2. The van der Waals surface area contributed by atoms with Gasteiger partial charge in [-0.25, -0.2) is 0 Å². The van der Waals surface area contributed by atoms with E-state index in [9.17, 15) is 13.2 Å². The summed E-state index contributed by atoms with van der Waals surface area (Å²) in [7, 11) is 0. The summed E-state index contributed by atoms with van der Waals surface area (Å²) in [6, 6.07) is 5.42. The number of nitrogens with one attached hydrogen (secondary N) is 2. The lowest BCUT2D eigenvalue weighted by atomic mass is 9.96. The highest BCUT2D eigenvalue weighted by molar-refractivity contribution is 14.0. The number of hydrogen-bond donors (Lipinski definition) is 3. The van der Waals surface area contributed by atoms with Crippen LogP contribution in [0.5, 0.6) is 0 Å². The molecule has 4 nitrogen and oxygen atoms in total. The van der Waals surface area contributed by atoms with E-state index in [4.69, 9.17) is 5.11 Å². The zero-order chi connectivity index (χ0) is 17.3. The molecular formula is C16H25F3IN3O. The van der Waals surface area contributed by atoms with Crippen molar-refractivity contribution >= 4 is 29.9 Å². The Morgan fingerprint density at radius 2 is 2.00 bits per heavy atom. The molecule has 0 radical (unpaired) electrons. The van der Waals surface area contributed by atoms with E-state index < -0.39 is 11.7 Å². The van der Waals surface area contributed by atoms with Crippen LogP contribution in [-0.2, 0) is 6.18 Å². The predicted octanol–water partition coefficient (Wildman–Crippen LogP) is 3.36. The molecule has 1 atom stereocenters. The molecule has 0 aromatic heterocycles. The molecule has 3 N–H and O–H groups in total. The second kappa shape index (κ2) is 11.5. The smallest absolute Gasteiger partial charge is 0.395 e. The third-order valence-corrected chi connectivity index (χ3v) is 3.36. The van der Waals surface area contributed by atoms with Gasteiger partial charge in [0.15, 0.2) is 5.96 Å². The molecule has 0 amide bonds. The van der Waals surface area contributed by atoms with Crippen molar-refractivity contribution in [2.24, 2.45) is 4.99 Å². The Kier molecular flexibility index (Phi) is 11.0. The second-order valence-electron chi connectivity index (χ2n) is 5.22. The van der Waals surface area contributed by atoms with Crippen molar-refractivity contribution in [3.8, 4) is 0 Å². The summed E-state index contributed by atoms with van der Waals surface area (Å²) in [5.41, 5.74) is 0.0339. The Morgan fingerprint density at radius 1 is 1.29 bits per heavy atom. The second-order valence-corrected chi connectivity index (χ2v) is 5.22. The maximum Gasteiger partial charge on any atom is 0.416 e. The minimum atomic E-state index is -4.32. The topological polar surface area (TPSA) is 56.7 Å². The number of nitrogens with zero attached hydrogens (tertiary/aromatic N) is 1.